The summed E-state index contributed by atoms with van der Waals surface area (Å²) in [7, 11) is 0. The third-order valence-corrected chi connectivity index (χ3v) is 3.82. The number of anilines is 3. The molecule has 0 fully saturated rings. The SMILES string of the molecule is O=C(Nc1ccc(F)c(Cl)c1)c1cncc(Nc2cccc(Cl)c2)c1. The quantitative estimate of drug-likeness (QED) is 0.630. The van der Waals surface area contributed by atoms with Crippen LogP contribution in [0, 0.1) is 5.82 Å². The van der Waals surface area contributed by atoms with Gasteiger partial charge in [-0.25, -0.2) is 4.39 Å². The second-order valence-electron chi connectivity index (χ2n) is 5.18. The van der Waals surface area contributed by atoms with Crippen LogP contribution in [0.4, 0.5) is 21.5 Å². The molecule has 0 aliphatic heterocycles. The minimum Gasteiger partial charge on any atom is -0.354 e. The van der Waals surface area contributed by atoms with Crippen molar-refractivity contribution >= 4 is 46.2 Å². The van der Waals surface area contributed by atoms with Gasteiger partial charge >= 0.3 is 0 Å². The third kappa shape index (κ3) is 4.47. The number of hydrogen-bond acceptors (Lipinski definition) is 3. The van der Waals surface area contributed by atoms with Gasteiger partial charge in [-0.1, -0.05) is 29.3 Å². The molecule has 0 saturated heterocycles. The van der Waals surface area contributed by atoms with Crippen LogP contribution < -0.4 is 10.6 Å². The van der Waals surface area contributed by atoms with Crippen LogP contribution in [0.25, 0.3) is 0 Å². The lowest BCUT2D eigenvalue weighted by atomic mass is 10.2. The van der Waals surface area contributed by atoms with Gasteiger partial charge in [0, 0.05) is 22.6 Å². The summed E-state index contributed by atoms with van der Waals surface area (Å²) in [5.41, 5.74) is 2.14. The van der Waals surface area contributed by atoms with Crippen LogP contribution in [0.3, 0.4) is 0 Å². The van der Waals surface area contributed by atoms with Crippen LogP contribution in [0.5, 0.6) is 0 Å². The van der Waals surface area contributed by atoms with Gasteiger partial charge in [0.15, 0.2) is 0 Å². The number of nitrogens with one attached hydrogen (secondary N) is 2. The molecule has 0 radical (unpaired) electrons. The van der Waals surface area contributed by atoms with Gasteiger partial charge in [-0.2, -0.15) is 0 Å². The number of carbonyl (C=O) groups excluding carboxylic acids is 1. The topological polar surface area (TPSA) is 54.0 Å². The van der Waals surface area contributed by atoms with Gasteiger partial charge in [0.2, 0.25) is 0 Å². The van der Waals surface area contributed by atoms with Crippen molar-refractivity contribution in [1.29, 1.82) is 0 Å². The van der Waals surface area contributed by atoms with Crippen molar-refractivity contribution in [2.45, 2.75) is 0 Å². The van der Waals surface area contributed by atoms with E-state index in [9.17, 15) is 9.18 Å². The standard InChI is InChI=1S/C18H12Cl2FN3O/c19-12-2-1-3-13(7-12)23-15-6-11(9-22-10-15)18(25)24-14-4-5-17(21)16(20)8-14/h1-10,23H,(H,24,25). The molecule has 0 spiro atoms. The lowest BCUT2D eigenvalue weighted by Gasteiger charge is -2.09. The molecule has 1 heterocycles. The van der Waals surface area contributed by atoms with E-state index in [4.69, 9.17) is 23.2 Å². The molecule has 126 valence electrons. The summed E-state index contributed by atoms with van der Waals surface area (Å²) in [6, 6.07) is 12.8. The fraction of sp³-hybridized carbons (Fsp3) is 0. The molecule has 0 saturated carbocycles. The van der Waals surface area contributed by atoms with Crippen LogP contribution in [-0.2, 0) is 0 Å². The first kappa shape index (κ1) is 17.2. The highest BCUT2D eigenvalue weighted by Gasteiger charge is 2.09. The molecule has 25 heavy (non-hydrogen) atoms. The van der Waals surface area contributed by atoms with Crippen LogP contribution in [0.15, 0.2) is 60.9 Å². The molecular weight excluding hydrogens is 364 g/mol. The highest BCUT2D eigenvalue weighted by Crippen LogP contribution is 2.22. The molecular formula is C18H12Cl2FN3O. The Balaban J connectivity index is 1.76. The van der Waals surface area contributed by atoms with Gasteiger partial charge in [0.05, 0.1) is 22.5 Å². The maximum absolute atomic E-state index is 13.2. The molecule has 1 amide bonds. The summed E-state index contributed by atoms with van der Waals surface area (Å²) in [4.78, 5) is 16.4. The highest BCUT2D eigenvalue weighted by atomic mass is 35.5. The maximum Gasteiger partial charge on any atom is 0.257 e. The van der Waals surface area contributed by atoms with E-state index in [1.54, 1.807) is 24.4 Å². The van der Waals surface area contributed by atoms with E-state index in [0.29, 0.717) is 22.0 Å². The molecule has 1 aromatic heterocycles. The summed E-state index contributed by atoms with van der Waals surface area (Å²) in [5.74, 6) is -0.932. The molecule has 0 aliphatic carbocycles. The van der Waals surface area contributed by atoms with E-state index in [-0.39, 0.29) is 10.9 Å². The molecule has 0 bridgehead atoms. The van der Waals surface area contributed by atoms with E-state index in [2.05, 4.69) is 15.6 Å². The highest BCUT2D eigenvalue weighted by molar-refractivity contribution is 6.31. The number of nitrogens with zero attached hydrogens (tertiary/aromatic N) is 1. The number of pyridine rings is 1. The Bertz CT molecular complexity index is 934. The van der Waals surface area contributed by atoms with Gasteiger partial charge in [0.1, 0.15) is 5.82 Å². The second-order valence-corrected chi connectivity index (χ2v) is 6.02. The smallest absolute Gasteiger partial charge is 0.257 e. The van der Waals surface area contributed by atoms with Gasteiger partial charge in [-0.05, 0) is 42.5 Å². The fourth-order valence-corrected chi connectivity index (χ4v) is 2.51. The van der Waals surface area contributed by atoms with Crippen LogP contribution in [0.2, 0.25) is 10.0 Å². The average Bonchev–Trinajstić information content (AvgIpc) is 2.58. The Kier molecular flexibility index (Phi) is 5.16. The van der Waals surface area contributed by atoms with Crippen molar-refractivity contribution in [2.24, 2.45) is 0 Å². The molecule has 0 unspecified atom stereocenters. The number of carbonyl (C=O) groups is 1. The Morgan fingerprint density at radius 3 is 2.56 bits per heavy atom. The zero-order chi connectivity index (χ0) is 17.8. The molecule has 0 atom stereocenters. The van der Waals surface area contributed by atoms with Gasteiger partial charge in [-0.3, -0.25) is 9.78 Å². The normalized spacial score (nSPS) is 10.4. The van der Waals surface area contributed by atoms with Crippen molar-refractivity contribution in [2.75, 3.05) is 10.6 Å². The average molecular weight is 376 g/mol. The monoisotopic (exact) mass is 375 g/mol. The first-order valence-corrected chi connectivity index (χ1v) is 8.01. The van der Waals surface area contributed by atoms with Crippen molar-refractivity contribution < 1.29 is 9.18 Å². The predicted molar refractivity (Wildman–Crippen MR) is 98.3 cm³/mol. The van der Waals surface area contributed by atoms with E-state index >= 15 is 0 Å². The fourth-order valence-electron chi connectivity index (χ4n) is 2.14. The van der Waals surface area contributed by atoms with Gasteiger partial charge in [0.25, 0.3) is 5.91 Å². The van der Waals surface area contributed by atoms with Gasteiger partial charge in [-0.15, -0.1) is 0 Å². The van der Waals surface area contributed by atoms with Crippen molar-refractivity contribution in [1.82, 2.24) is 4.98 Å². The minimum absolute atomic E-state index is 0.0627. The summed E-state index contributed by atoms with van der Waals surface area (Å²) in [5, 5.41) is 6.30. The summed E-state index contributed by atoms with van der Waals surface area (Å²) in [6.07, 6.45) is 3.02. The van der Waals surface area contributed by atoms with Crippen molar-refractivity contribution in [3.63, 3.8) is 0 Å². The minimum atomic E-state index is -0.547. The van der Waals surface area contributed by atoms with Gasteiger partial charge < -0.3 is 10.6 Å². The molecule has 4 nitrogen and oxygen atoms in total. The molecule has 3 aromatic rings. The Labute approximate surface area is 153 Å². The third-order valence-electron chi connectivity index (χ3n) is 3.29. The van der Waals surface area contributed by atoms with Crippen LogP contribution in [0.1, 0.15) is 10.4 Å². The molecule has 2 N–H and O–H groups in total. The predicted octanol–water partition coefficient (Wildman–Crippen LogP) is 5.52. The largest absolute Gasteiger partial charge is 0.354 e. The summed E-state index contributed by atoms with van der Waals surface area (Å²) < 4.78 is 13.2. The Morgan fingerprint density at radius 2 is 1.80 bits per heavy atom. The number of halogens is 3. The van der Waals surface area contributed by atoms with Crippen LogP contribution in [-0.4, -0.2) is 10.9 Å². The molecule has 7 heteroatoms. The number of amides is 1. The van der Waals surface area contributed by atoms with E-state index in [0.717, 1.165) is 5.69 Å². The number of hydrogen-bond donors (Lipinski definition) is 2. The first-order valence-electron chi connectivity index (χ1n) is 7.25. The zero-order valence-electron chi connectivity index (χ0n) is 12.8. The molecule has 0 aliphatic rings. The number of rotatable bonds is 4. The van der Waals surface area contributed by atoms with Crippen LogP contribution >= 0.6 is 23.2 Å². The lowest BCUT2D eigenvalue weighted by Crippen LogP contribution is -2.12. The van der Waals surface area contributed by atoms with E-state index in [1.807, 2.05) is 12.1 Å². The summed E-state index contributed by atoms with van der Waals surface area (Å²) in [6.45, 7) is 0. The zero-order valence-corrected chi connectivity index (χ0v) is 14.3. The maximum atomic E-state index is 13.2. The summed E-state index contributed by atoms with van der Waals surface area (Å²) >= 11 is 11.7. The Hall–Kier alpha value is -2.63. The molecule has 3 rings (SSSR count). The second kappa shape index (κ2) is 7.51. The number of benzene rings is 2. The van der Waals surface area contributed by atoms with Crippen molar-refractivity contribution in [3.05, 3.63) is 82.4 Å². The van der Waals surface area contributed by atoms with E-state index in [1.165, 1.54) is 24.4 Å². The van der Waals surface area contributed by atoms with E-state index < -0.39 is 5.82 Å². The molecule has 2 aromatic carbocycles. The lowest BCUT2D eigenvalue weighted by molar-refractivity contribution is 0.102. The Morgan fingerprint density at radius 1 is 0.960 bits per heavy atom. The number of aromatic nitrogens is 1. The van der Waals surface area contributed by atoms with Crippen molar-refractivity contribution in [3.8, 4) is 0 Å². The first-order chi connectivity index (χ1) is 12.0.